The van der Waals surface area contributed by atoms with Gasteiger partial charge < -0.3 is 0 Å². The molecule has 1 aromatic rings. The summed E-state index contributed by atoms with van der Waals surface area (Å²) in [5, 5.41) is 10.8. The van der Waals surface area contributed by atoms with E-state index in [1.54, 1.807) is 4.68 Å². The fourth-order valence-electron chi connectivity index (χ4n) is 0.613. The second-order valence-electron chi connectivity index (χ2n) is 2.13. The molecule has 0 unspecified atom stereocenters. The van der Waals surface area contributed by atoms with E-state index in [1.807, 2.05) is 13.8 Å². The van der Waals surface area contributed by atoms with Gasteiger partial charge in [-0.3, -0.25) is 0 Å². The van der Waals surface area contributed by atoms with Crippen LogP contribution in [0.25, 0.3) is 0 Å². The fourth-order valence-corrected chi connectivity index (χ4v) is 0.613. The molecule has 0 saturated carbocycles. The molecule has 0 aliphatic heterocycles. The first-order valence-electron chi connectivity index (χ1n) is 2.81. The molecule has 0 aromatic carbocycles. The van der Waals surface area contributed by atoms with Gasteiger partial charge in [0.25, 0.3) is 0 Å². The predicted molar refractivity (Wildman–Crippen MR) is 32.7 cm³/mol. The van der Waals surface area contributed by atoms with Gasteiger partial charge in [-0.25, -0.2) is 4.68 Å². The van der Waals surface area contributed by atoms with Crippen molar-refractivity contribution in [1.82, 2.24) is 20.2 Å². The molecule has 49 valence electrons. The lowest BCUT2D eigenvalue weighted by atomic mass is 10.4. The van der Waals surface area contributed by atoms with Crippen LogP contribution in [0.15, 0.2) is 0 Å². The molecule has 0 N–H and O–H groups in total. The first kappa shape index (κ1) is 6.19. The Bertz CT molecular complexity index is 191. The summed E-state index contributed by atoms with van der Waals surface area (Å²) >= 11 is 0. The molecule has 9 heavy (non-hydrogen) atoms. The molecule has 0 spiro atoms. The molecule has 0 fully saturated rings. The Morgan fingerprint density at radius 1 is 1.56 bits per heavy atom. The fraction of sp³-hybridized carbons (Fsp3) is 0.600. The molecular formula is C5H9N4. The van der Waals surface area contributed by atoms with E-state index in [-0.39, 0.29) is 0 Å². The van der Waals surface area contributed by atoms with Gasteiger partial charge in [-0.05, 0) is 24.3 Å². The van der Waals surface area contributed by atoms with Crippen molar-refractivity contribution in [3.8, 4) is 0 Å². The van der Waals surface area contributed by atoms with Crippen molar-refractivity contribution in [3.63, 3.8) is 0 Å². The number of hydrogen-bond donors (Lipinski definition) is 0. The topological polar surface area (TPSA) is 43.6 Å². The summed E-state index contributed by atoms with van der Waals surface area (Å²) in [5.41, 5.74) is 0. The summed E-state index contributed by atoms with van der Waals surface area (Å²) in [6.45, 7) is 7.64. The van der Waals surface area contributed by atoms with Crippen molar-refractivity contribution in [3.05, 3.63) is 12.7 Å². The van der Waals surface area contributed by atoms with Crippen LogP contribution in [0.1, 0.15) is 25.7 Å². The Morgan fingerprint density at radius 3 is 2.44 bits per heavy atom. The highest BCUT2D eigenvalue weighted by Gasteiger charge is 2.01. The molecule has 1 radical (unpaired) electrons. The minimum Gasteiger partial charge on any atom is -0.227 e. The Hall–Kier alpha value is -0.930. The van der Waals surface area contributed by atoms with Crippen LogP contribution in [0.4, 0.5) is 0 Å². The minimum atomic E-state index is 0.299. The van der Waals surface area contributed by atoms with Gasteiger partial charge in [0.05, 0.1) is 6.04 Å². The molecule has 1 heterocycles. The summed E-state index contributed by atoms with van der Waals surface area (Å²) in [6, 6.07) is 0.299. The minimum absolute atomic E-state index is 0.299. The normalized spacial score (nSPS) is 10.7. The molecule has 4 nitrogen and oxygen atoms in total. The standard InChI is InChI=1S/C5H9N4/c1-4(2)9-5(3)6-7-8-9/h4H,3H2,1-2H3. The van der Waals surface area contributed by atoms with Crippen LogP contribution in [-0.4, -0.2) is 20.2 Å². The molecule has 1 rings (SSSR count). The van der Waals surface area contributed by atoms with E-state index in [4.69, 9.17) is 0 Å². The van der Waals surface area contributed by atoms with Crippen LogP contribution >= 0.6 is 0 Å². The van der Waals surface area contributed by atoms with E-state index in [9.17, 15) is 0 Å². The Labute approximate surface area is 53.9 Å². The molecule has 4 heteroatoms. The number of tetrazole rings is 1. The third-order valence-electron chi connectivity index (χ3n) is 1.05. The second-order valence-corrected chi connectivity index (χ2v) is 2.13. The Kier molecular flexibility index (Phi) is 1.46. The quantitative estimate of drug-likeness (QED) is 0.547. The van der Waals surface area contributed by atoms with E-state index in [0.717, 1.165) is 0 Å². The van der Waals surface area contributed by atoms with Gasteiger partial charge in [0.1, 0.15) is 0 Å². The first-order chi connectivity index (χ1) is 4.22. The highest BCUT2D eigenvalue weighted by molar-refractivity contribution is 4.85. The molecular weight excluding hydrogens is 116 g/mol. The lowest BCUT2D eigenvalue weighted by molar-refractivity contribution is 0.507. The van der Waals surface area contributed by atoms with Crippen LogP contribution in [0.2, 0.25) is 0 Å². The molecule has 0 atom stereocenters. The smallest absolute Gasteiger partial charge is 0.152 e. The molecule has 0 aliphatic rings. The lowest BCUT2D eigenvalue weighted by Gasteiger charge is -2.02. The van der Waals surface area contributed by atoms with E-state index in [1.165, 1.54) is 0 Å². The maximum atomic E-state index is 3.71. The zero-order valence-electron chi connectivity index (χ0n) is 5.57. The SMILES string of the molecule is [CH2]c1nnnn1C(C)C. The van der Waals surface area contributed by atoms with Crippen molar-refractivity contribution in [1.29, 1.82) is 0 Å². The van der Waals surface area contributed by atoms with Gasteiger partial charge in [0, 0.05) is 6.92 Å². The Morgan fingerprint density at radius 2 is 2.22 bits per heavy atom. The molecule has 1 aromatic heterocycles. The maximum absolute atomic E-state index is 3.71. The van der Waals surface area contributed by atoms with Crippen molar-refractivity contribution in [2.24, 2.45) is 0 Å². The Balaban J connectivity index is 2.94. The largest absolute Gasteiger partial charge is 0.227 e. The molecule has 0 aliphatic carbocycles. The van der Waals surface area contributed by atoms with Crippen molar-refractivity contribution in [2.45, 2.75) is 19.9 Å². The van der Waals surface area contributed by atoms with Gasteiger partial charge in [-0.1, -0.05) is 0 Å². The maximum Gasteiger partial charge on any atom is 0.152 e. The van der Waals surface area contributed by atoms with E-state index >= 15 is 0 Å². The number of nitrogens with zero attached hydrogens (tertiary/aromatic N) is 4. The molecule has 0 saturated heterocycles. The summed E-state index contributed by atoms with van der Waals surface area (Å²) in [6.07, 6.45) is 0. The van der Waals surface area contributed by atoms with Crippen LogP contribution < -0.4 is 0 Å². The molecule has 0 bridgehead atoms. The van der Waals surface area contributed by atoms with Gasteiger partial charge in [0.15, 0.2) is 5.82 Å². The summed E-state index contributed by atoms with van der Waals surface area (Å²) in [5.74, 6) is 0.616. The average Bonchev–Trinajstić information content (AvgIpc) is 2.13. The summed E-state index contributed by atoms with van der Waals surface area (Å²) in [7, 11) is 0. The van der Waals surface area contributed by atoms with Crippen LogP contribution in [0.3, 0.4) is 0 Å². The number of aromatic nitrogens is 4. The summed E-state index contributed by atoms with van der Waals surface area (Å²) < 4.78 is 1.67. The predicted octanol–water partition coefficient (Wildman–Crippen LogP) is 0.436. The van der Waals surface area contributed by atoms with E-state index in [2.05, 4.69) is 22.4 Å². The highest BCUT2D eigenvalue weighted by atomic mass is 15.5. The van der Waals surface area contributed by atoms with Gasteiger partial charge in [-0.2, -0.15) is 0 Å². The van der Waals surface area contributed by atoms with E-state index < -0.39 is 0 Å². The number of hydrogen-bond acceptors (Lipinski definition) is 3. The van der Waals surface area contributed by atoms with Crippen molar-refractivity contribution in [2.75, 3.05) is 0 Å². The van der Waals surface area contributed by atoms with E-state index in [0.29, 0.717) is 11.9 Å². The second kappa shape index (κ2) is 2.13. The first-order valence-corrected chi connectivity index (χ1v) is 2.81. The third-order valence-corrected chi connectivity index (χ3v) is 1.05. The van der Waals surface area contributed by atoms with Gasteiger partial charge >= 0.3 is 0 Å². The van der Waals surface area contributed by atoms with Crippen LogP contribution in [0, 0.1) is 6.92 Å². The number of rotatable bonds is 1. The third kappa shape index (κ3) is 1.06. The van der Waals surface area contributed by atoms with Crippen molar-refractivity contribution < 1.29 is 0 Å². The molecule has 0 amide bonds. The zero-order chi connectivity index (χ0) is 6.85. The van der Waals surface area contributed by atoms with Crippen LogP contribution in [0.5, 0.6) is 0 Å². The summed E-state index contributed by atoms with van der Waals surface area (Å²) in [4.78, 5) is 0. The van der Waals surface area contributed by atoms with Crippen LogP contribution in [-0.2, 0) is 0 Å². The zero-order valence-corrected chi connectivity index (χ0v) is 5.57. The lowest BCUT2D eigenvalue weighted by Crippen LogP contribution is -2.04. The highest BCUT2D eigenvalue weighted by Crippen LogP contribution is 2.00. The average molecular weight is 125 g/mol. The van der Waals surface area contributed by atoms with Gasteiger partial charge in [0.2, 0.25) is 0 Å². The van der Waals surface area contributed by atoms with Crippen molar-refractivity contribution >= 4 is 0 Å². The monoisotopic (exact) mass is 125 g/mol. The van der Waals surface area contributed by atoms with Gasteiger partial charge in [-0.15, -0.1) is 5.10 Å².